The molecule has 0 aliphatic rings. The molecule has 14 heavy (non-hydrogen) atoms. The highest BCUT2D eigenvalue weighted by Crippen LogP contribution is 1.85. The standard InChI is InChI=1S/C9H20N2O3/c1-8(2)14-7-9(12)11-4-6-13-5-3-10/h8H,3-7,10H2,1-2H3,(H,11,12). The van der Waals surface area contributed by atoms with E-state index in [0.29, 0.717) is 26.3 Å². The van der Waals surface area contributed by atoms with Gasteiger partial charge in [-0.3, -0.25) is 4.79 Å². The van der Waals surface area contributed by atoms with Crippen molar-refractivity contribution in [1.29, 1.82) is 0 Å². The van der Waals surface area contributed by atoms with Crippen LogP contribution >= 0.6 is 0 Å². The van der Waals surface area contributed by atoms with Crippen LogP contribution in [0.3, 0.4) is 0 Å². The van der Waals surface area contributed by atoms with E-state index in [-0.39, 0.29) is 18.6 Å². The fraction of sp³-hybridized carbons (Fsp3) is 0.889. The minimum absolute atomic E-state index is 0.0780. The van der Waals surface area contributed by atoms with Gasteiger partial charge in [-0.25, -0.2) is 0 Å². The number of hydrogen-bond donors (Lipinski definition) is 2. The second kappa shape index (κ2) is 8.93. The van der Waals surface area contributed by atoms with Crippen molar-refractivity contribution in [3.8, 4) is 0 Å². The lowest BCUT2D eigenvalue weighted by molar-refractivity contribution is -0.127. The Bertz CT molecular complexity index is 151. The summed E-state index contributed by atoms with van der Waals surface area (Å²) in [4.78, 5) is 11.1. The number of hydrogen-bond acceptors (Lipinski definition) is 4. The van der Waals surface area contributed by atoms with Crippen molar-refractivity contribution < 1.29 is 14.3 Å². The summed E-state index contributed by atoms with van der Waals surface area (Å²) in [6.45, 7) is 5.90. The molecule has 0 bridgehead atoms. The molecule has 0 aliphatic heterocycles. The normalized spacial score (nSPS) is 10.6. The van der Waals surface area contributed by atoms with Gasteiger partial charge in [0.25, 0.3) is 0 Å². The first-order valence-corrected chi connectivity index (χ1v) is 4.83. The molecule has 0 aromatic carbocycles. The molecule has 0 spiro atoms. The summed E-state index contributed by atoms with van der Waals surface area (Å²) in [5.74, 6) is -0.116. The van der Waals surface area contributed by atoms with Crippen molar-refractivity contribution in [3.05, 3.63) is 0 Å². The maximum atomic E-state index is 11.1. The number of rotatable bonds is 8. The Morgan fingerprint density at radius 3 is 2.71 bits per heavy atom. The summed E-state index contributed by atoms with van der Waals surface area (Å²) in [5, 5.41) is 2.67. The van der Waals surface area contributed by atoms with E-state index in [0.717, 1.165) is 0 Å². The summed E-state index contributed by atoms with van der Waals surface area (Å²) in [5.41, 5.74) is 5.22. The third-order valence-corrected chi connectivity index (χ3v) is 1.38. The molecule has 0 aliphatic carbocycles. The van der Waals surface area contributed by atoms with Gasteiger partial charge in [0.05, 0.1) is 19.3 Å². The molecule has 0 rings (SSSR count). The Kier molecular flexibility index (Phi) is 8.51. The Labute approximate surface area is 84.9 Å². The van der Waals surface area contributed by atoms with Gasteiger partial charge in [-0.15, -0.1) is 0 Å². The van der Waals surface area contributed by atoms with E-state index in [2.05, 4.69) is 5.32 Å². The number of nitrogens with one attached hydrogen (secondary N) is 1. The first-order valence-electron chi connectivity index (χ1n) is 4.83. The molecule has 5 heteroatoms. The van der Waals surface area contributed by atoms with Crippen LogP contribution in [0.25, 0.3) is 0 Å². The van der Waals surface area contributed by atoms with Crippen LogP contribution < -0.4 is 11.1 Å². The van der Waals surface area contributed by atoms with Crippen LogP contribution in [0.1, 0.15) is 13.8 Å². The van der Waals surface area contributed by atoms with Gasteiger partial charge < -0.3 is 20.5 Å². The second-order valence-electron chi connectivity index (χ2n) is 3.11. The number of carbonyl (C=O) groups is 1. The third kappa shape index (κ3) is 9.44. The monoisotopic (exact) mass is 204 g/mol. The van der Waals surface area contributed by atoms with Gasteiger partial charge in [0, 0.05) is 13.1 Å². The van der Waals surface area contributed by atoms with Crippen molar-refractivity contribution in [2.24, 2.45) is 5.73 Å². The van der Waals surface area contributed by atoms with E-state index < -0.39 is 0 Å². The zero-order valence-corrected chi connectivity index (χ0v) is 8.91. The first kappa shape index (κ1) is 13.4. The lowest BCUT2D eigenvalue weighted by atomic mass is 10.5. The molecule has 3 N–H and O–H groups in total. The number of carbonyl (C=O) groups excluding carboxylic acids is 1. The van der Waals surface area contributed by atoms with E-state index in [4.69, 9.17) is 15.2 Å². The van der Waals surface area contributed by atoms with Crippen LogP contribution in [-0.2, 0) is 14.3 Å². The van der Waals surface area contributed by atoms with Crippen LogP contribution in [0.5, 0.6) is 0 Å². The van der Waals surface area contributed by atoms with Gasteiger partial charge in [-0.05, 0) is 13.8 Å². The van der Waals surface area contributed by atoms with E-state index in [1.54, 1.807) is 0 Å². The van der Waals surface area contributed by atoms with Crippen molar-refractivity contribution in [2.45, 2.75) is 20.0 Å². The summed E-state index contributed by atoms with van der Waals surface area (Å²) in [6.07, 6.45) is 0.0780. The smallest absolute Gasteiger partial charge is 0.246 e. The van der Waals surface area contributed by atoms with Gasteiger partial charge in [-0.1, -0.05) is 0 Å². The Hall–Kier alpha value is -0.650. The molecule has 1 amide bonds. The SMILES string of the molecule is CC(C)OCC(=O)NCCOCCN. The largest absolute Gasteiger partial charge is 0.378 e. The Morgan fingerprint density at radius 1 is 1.43 bits per heavy atom. The van der Waals surface area contributed by atoms with Gasteiger partial charge >= 0.3 is 0 Å². The van der Waals surface area contributed by atoms with Crippen LogP contribution in [0.2, 0.25) is 0 Å². The molecule has 0 aromatic heterocycles. The molecule has 0 saturated heterocycles. The van der Waals surface area contributed by atoms with Crippen molar-refractivity contribution in [3.63, 3.8) is 0 Å². The van der Waals surface area contributed by atoms with Gasteiger partial charge in [-0.2, -0.15) is 0 Å². The number of nitrogens with two attached hydrogens (primary N) is 1. The third-order valence-electron chi connectivity index (χ3n) is 1.38. The molecule has 0 heterocycles. The predicted molar refractivity (Wildman–Crippen MR) is 54.0 cm³/mol. The fourth-order valence-corrected chi connectivity index (χ4v) is 0.741. The van der Waals surface area contributed by atoms with Crippen LogP contribution in [0.15, 0.2) is 0 Å². The molecule has 0 fully saturated rings. The van der Waals surface area contributed by atoms with Gasteiger partial charge in [0.2, 0.25) is 5.91 Å². The maximum absolute atomic E-state index is 11.1. The van der Waals surface area contributed by atoms with Crippen molar-refractivity contribution in [1.82, 2.24) is 5.32 Å². The summed E-state index contributed by atoms with van der Waals surface area (Å²) < 4.78 is 10.2. The van der Waals surface area contributed by atoms with E-state index >= 15 is 0 Å². The zero-order chi connectivity index (χ0) is 10.8. The lowest BCUT2D eigenvalue weighted by Gasteiger charge is -2.08. The zero-order valence-electron chi connectivity index (χ0n) is 8.91. The second-order valence-corrected chi connectivity index (χ2v) is 3.11. The summed E-state index contributed by atoms with van der Waals surface area (Å²) in [7, 11) is 0. The van der Waals surface area contributed by atoms with E-state index in [9.17, 15) is 4.79 Å². The van der Waals surface area contributed by atoms with E-state index in [1.807, 2.05) is 13.8 Å². The lowest BCUT2D eigenvalue weighted by Crippen LogP contribution is -2.31. The molecule has 84 valence electrons. The van der Waals surface area contributed by atoms with Crippen molar-refractivity contribution >= 4 is 5.91 Å². The quantitative estimate of drug-likeness (QED) is 0.523. The molecule has 0 saturated carbocycles. The molecular weight excluding hydrogens is 184 g/mol. The first-order chi connectivity index (χ1) is 6.66. The molecule has 0 radical (unpaired) electrons. The van der Waals surface area contributed by atoms with Crippen LogP contribution in [0.4, 0.5) is 0 Å². The van der Waals surface area contributed by atoms with E-state index in [1.165, 1.54) is 0 Å². The number of amides is 1. The highest BCUT2D eigenvalue weighted by Gasteiger charge is 2.01. The topological polar surface area (TPSA) is 73.6 Å². The minimum atomic E-state index is -0.116. The Morgan fingerprint density at radius 2 is 2.14 bits per heavy atom. The minimum Gasteiger partial charge on any atom is -0.378 e. The van der Waals surface area contributed by atoms with Gasteiger partial charge in [0.1, 0.15) is 6.61 Å². The van der Waals surface area contributed by atoms with Gasteiger partial charge in [0.15, 0.2) is 0 Å². The highest BCUT2D eigenvalue weighted by molar-refractivity contribution is 5.77. The highest BCUT2D eigenvalue weighted by atomic mass is 16.5. The van der Waals surface area contributed by atoms with Crippen LogP contribution in [0, 0.1) is 0 Å². The average Bonchev–Trinajstić information content (AvgIpc) is 2.14. The predicted octanol–water partition coefficient (Wildman–Crippen LogP) is -0.497. The fourth-order valence-electron chi connectivity index (χ4n) is 0.741. The average molecular weight is 204 g/mol. The molecule has 0 atom stereocenters. The van der Waals surface area contributed by atoms with Crippen LogP contribution in [-0.4, -0.2) is 44.9 Å². The van der Waals surface area contributed by atoms with Crippen molar-refractivity contribution in [2.75, 3.05) is 32.9 Å². The summed E-state index contributed by atoms with van der Waals surface area (Å²) >= 11 is 0. The Balaban J connectivity index is 3.18. The molecule has 0 unspecified atom stereocenters. The summed E-state index contributed by atoms with van der Waals surface area (Å²) in [6, 6.07) is 0. The number of ether oxygens (including phenoxy) is 2. The molecule has 5 nitrogen and oxygen atoms in total. The molecular formula is C9H20N2O3. The maximum Gasteiger partial charge on any atom is 0.246 e. The molecule has 0 aromatic rings.